The molecular formula is C30H44BrNO5S2. The van der Waals surface area contributed by atoms with Gasteiger partial charge in [-0.2, -0.15) is 10.6 Å². The van der Waals surface area contributed by atoms with Gasteiger partial charge in [-0.05, 0) is 70.2 Å². The summed E-state index contributed by atoms with van der Waals surface area (Å²) < 4.78 is 36.0. The van der Waals surface area contributed by atoms with Gasteiger partial charge in [0.15, 0.2) is 6.61 Å². The number of benzene rings is 2. The molecule has 1 aliphatic heterocycles. The second kappa shape index (κ2) is 13.5. The molecule has 0 amide bonds. The average molecular weight is 643 g/mol. The van der Waals surface area contributed by atoms with Gasteiger partial charge in [-0.3, -0.25) is 9.11 Å². The molecule has 0 spiro atoms. The highest BCUT2D eigenvalue weighted by Crippen LogP contribution is 2.62. The molecule has 3 rings (SSSR count). The molecule has 39 heavy (non-hydrogen) atoms. The standard InChI is InChI=1S/C30H44BrNO5S2/c1-7-9-15-30(16-10-8-2)20-32(23-13-11-22(31)12-14-23)24-17-26(38-6)25(18-27(24)39(34,35)21-30)36-19-28(33)37-29(3,4)5/h11-14,17-18,34-35H,7-10,15-16,19-21H2,1-6H3. The summed E-state index contributed by atoms with van der Waals surface area (Å²) in [4.78, 5) is 15.9. The van der Waals surface area contributed by atoms with E-state index in [1.165, 1.54) is 11.8 Å². The largest absolute Gasteiger partial charge is 0.481 e. The Morgan fingerprint density at radius 2 is 1.72 bits per heavy atom. The second-order valence-electron chi connectivity index (χ2n) is 11.4. The summed E-state index contributed by atoms with van der Waals surface area (Å²) in [5.41, 5.74) is 0.912. The Hall–Kier alpha value is -1.39. The molecule has 0 aromatic heterocycles. The lowest BCUT2D eigenvalue weighted by molar-refractivity contribution is -0.157. The summed E-state index contributed by atoms with van der Waals surface area (Å²) in [5, 5.41) is 0. The Balaban J connectivity index is 2.14. The van der Waals surface area contributed by atoms with Crippen LogP contribution in [-0.2, 0) is 9.53 Å². The Labute approximate surface area is 248 Å². The fraction of sp³-hybridized carbons (Fsp3) is 0.567. The summed E-state index contributed by atoms with van der Waals surface area (Å²) in [6.45, 7) is 10.3. The first-order chi connectivity index (χ1) is 18.3. The molecule has 0 atom stereocenters. The van der Waals surface area contributed by atoms with Gasteiger partial charge in [0.25, 0.3) is 0 Å². The maximum Gasteiger partial charge on any atom is 0.344 e. The van der Waals surface area contributed by atoms with Gasteiger partial charge >= 0.3 is 5.97 Å². The number of carbonyl (C=O) groups is 1. The van der Waals surface area contributed by atoms with E-state index in [-0.39, 0.29) is 12.0 Å². The predicted molar refractivity (Wildman–Crippen MR) is 168 cm³/mol. The third-order valence-electron chi connectivity index (χ3n) is 6.91. The van der Waals surface area contributed by atoms with Gasteiger partial charge in [-0.15, -0.1) is 11.8 Å². The smallest absolute Gasteiger partial charge is 0.344 e. The molecule has 0 radical (unpaired) electrons. The van der Waals surface area contributed by atoms with Crippen LogP contribution in [0, 0.1) is 5.41 Å². The van der Waals surface area contributed by atoms with Gasteiger partial charge in [0.05, 0.1) is 15.5 Å². The quantitative estimate of drug-likeness (QED) is 0.187. The van der Waals surface area contributed by atoms with Gasteiger partial charge in [0.2, 0.25) is 0 Å². The highest BCUT2D eigenvalue weighted by atomic mass is 79.9. The van der Waals surface area contributed by atoms with Crippen molar-refractivity contribution in [3.63, 3.8) is 0 Å². The molecule has 0 aliphatic carbocycles. The minimum Gasteiger partial charge on any atom is -0.481 e. The lowest BCUT2D eigenvalue weighted by atomic mass is 9.79. The van der Waals surface area contributed by atoms with Crippen molar-refractivity contribution >= 4 is 55.6 Å². The van der Waals surface area contributed by atoms with E-state index in [0.29, 0.717) is 22.9 Å². The molecule has 0 bridgehead atoms. The summed E-state index contributed by atoms with van der Waals surface area (Å²) in [6, 6.07) is 11.9. The van der Waals surface area contributed by atoms with Gasteiger partial charge < -0.3 is 14.4 Å². The zero-order valence-electron chi connectivity index (χ0n) is 24.1. The second-order valence-corrected chi connectivity index (χ2v) is 15.3. The van der Waals surface area contributed by atoms with Crippen LogP contribution in [0.3, 0.4) is 0 Å². The fourth-order valence-corrected chi connectivity index (χ4v) is 8.14. The SMILES string of the molecule is CCCCC1(CCCC)CN(c2ccc(Br)cc2)c2cc(SC)c(OCC(=O)OC(C)(C)C)cc2S(O)(O)C1. The minimum atomic E-state index is -3.17. The molecule has 0 saturated carbocycles. The number of fused-ring (bicyclic) bond motifs is 1. The van der Waals surface area contributed by atoms with Gasteiger partial charge in [0, 0.05) is 33.9 Å². The van der Waals surface area contributed by atoms with E-state index in [4.69, 9.17) is 9.47 Å². The van der Waals surface area contributed by atoms with E-state index in [1.54, 1.807) is 6.07 Å². The Morgan fingerprint density at radius 3 is 2.26 bits per heavy atom. The van der Waals surface area contributed by atoms with Crippen LogP contribution >= 0.6 is 38.3 Å². The van der Waals surface area contributed by atoms with Crippen molar-refractivity contribution in [2.45, 2.75) is 88.5 Å². The average Bonchev–Trinajstić information content (AvgIpc) is 2.96. The number of hydrogen-bond donors (Lipinski definition) is 2. The van der Waals surface area contributed by atoms with Crippen LogP contribution in [0.15, 0.2) is 50.7 Å². The molecule has 9 heteroatoms. The molecule has 218 valence electrons. The Kier molecular flexibility index (Phi) is 11.1. The monoisotopic (exact) mass is 641 g/mol. The molecule has 0 fully saturated rings. The zero-order valence-corrected chi connectivity index (χ0v) is 27.3. The molecule has 2 aromatic carbocycles. The third-order valence-corrected chi connectivity index (χ3v) is 10.2. The van der Waals surface area contributed by atoms with Crippen LogP contribution in [0.5, 0.6) is 5.75 Å². The van der Waals surface area contributed by atoms with Crippen molar-refractivity contribution < 1.29 is 23.4 Å². The maximum absolute atomic E-state index is 12.4. The van der Waals surface area contributed by atoms with Crippen molar-refractivity contribution in [3.05, 3.63) is 40.9 Å². The van der Waals surface area contributed by atoms with Crippen molar-refractivity contribution in [2.24, 2.45) is 5.41 Å². The first-order valence-electron chi connectivity index (χ1n) is 13.7. The van der Waals surface area contributed by atoms with Gasteiger partial charge in [0.1, 0.15) is 11.4 Å². The number of unbranched alkanes of at least 4 members (excludes halogenated alkanes) is 2. The summed E-state index contributed by atoms with van der Waals surface area (Å²) in [6.07, 6.45) is 7.98. The molecule has 0 unspecified atom stereocenters. The highest BCUT2D eigenvalue weighted by Gasteiger charge is 2.42. The Bertz CT molecular complexity index is 1110. The first-order valence-corrected chi connectivity index (χ1v) is 17.4. The van der Waals surface area contributed by atoms with Crippen LogP contribution < -0.4 is 9.64 Å². The predicted octanol–water partition coefficient (Wildman–Crippen LogP) is 9.52. The molecule has 1 heterocycles. The summed E-state index contributed by atoms with van der Waals surface area (Å²) in [5.74, 6) is 0.299. The van der Waals surface area contributed by atoms with E-state index < -0.39 is 22.2 Å². The van der Waals surface area contributed by atoms with Crippen molar-refractivity contribution in [1.29, 1.82) is 0 Å². The maximum atomic E-state index is 12.4. The first kappa shape index (κ1) is 32.1. The number of rotatable bonds is 11. The minimum absolute atomic E-state index is 0.254. The lowest BCUT2D eigenvalue weighted by Crippen LogP contribution is -2.37. The molecule has 2 N–H and O–H groups in total. The topological polar surface area (TPSA) is 79.2 Å². The van der Waals surface area contributed by atoms with E-state index >= 15 is 0 Å². The van der Waals surface area contributed by atoms with Crippen molar-refractivity contribution in [3.8, 4) is 5.75 Å². The third kappa shape index (κ3) is 8.55. The number of halogens is 1. The van der Waals surface area contributed by atoms with Crippen LogP contribution in [0.25, 0.3) is 0 Å². The highest BCUT2D eigenvalue weighted by molar-refractivity contribution is 9.10. The molecule has 2 aromatic rings. The van der Waals surface area contributed by atoms with Crippen LogP contribution in [0.2, 0.25) is 0 Å². The normalized spacial score (nSPS) is 17.2. The summed E-state index contributed by atoms with van der Waals surface area (Å²) in [7, 11) is -3.17. The lowest BCUT2D eigenvalue weighted by Gasteiger charge is -2.42. The van der Waals surface area contributed by atoms with E-state index in [0.717, 1.165) is 59.3 Å². The number of anilines is 2. The molecule has 6 nitrogen and oxygen atoms in total. The number of nitrogens with zero attached hydrogens (tertiary/aromatic N) is 1. The number of hydrogen-bond acceptors (Lipinski definition) is 7. The molecule has 0 saturated heterocycles. The molecular weight excluding hydrogens is 598 g/mol. The summed E-state index contributed by atoms with van der Waals surface area (Å²) >= 11 is 5.05. The zero-order chi connectivity index (χ0) is 28.8. The van der Waals surface area contributed by atoms with Crippen LogP contribution in [-0.4, -0.2) is 45.8 Å². The number of thioether (sulfide) groups is 1. The van der Waals surface area contributed by atoms with E-state index in [2.05, 4.69) is 46.8 Å². The Morgan fingerprint density at radius 1 is 1.10 bits per heavy atom. The van der Waals surface area contributed by atoms with Gasteiger partial charge in [-0.25, -0.2) is 4.79 Å². The number of esters is 1. The van der Waals surface area contributed by atoms with E-state index in [1.807, 2.05) is 45.2 Å². The van der Waals surface area contributed by atoms with E-state index in [9.17, 15) is 13.9 Å². The van der Waals surface area contributed by atoms with Crippen LogP contribution in [0.4, 0.5) is 11.4 Å². The number of carbonyl (C=O) groups excluding carboxylic acids is 1. The fourth-order valence-electron chi connectivity index (χ4n) is 5.14. The van der Waals surface area contributed by atoms with Crippen molar-refractivity contribution in [2.75, 3.05) is 30.1 Å². The van der Waals surface area contributed by atoms with Gasteiger partial charge in [-0.1, -0.05) is 55.5 Å². The molecule has 1 aliphatic rings. The number of ether oxygens (including phenoxy) is 2. The van der Waals surface area contributed by atoms with Crippen LogP contribution in [0.1, 0.15) is 73.1 Å². The van der Waals surface area contributed by atoms with Crippen molar-refractivity contribution in [1.82, 2.24) is 0 Å².